The van der Waals surface area contributed by atoms with Gasteiger partial charge in [-0.2, -0.15) is 0 Å². The van der Waals surface area contributed by atoms with Gasteiger partial charge in [0, 0.05) is 18.0 Å². The van der Waals surface area contributed by atoms with E-state index < -0.39 is 0 Å². The van der Waals surface area contributed by atoms with E-state index in [1.807, 2.05) is 13.8 Å². The standard InChI is InChI=1S/C20H31N5OS/c1-4-21-20(23-13-18-6-5-11-27-18)22-12-17-7-9-25(10-8-17)14-19-24-15(2)16(3)26-19/h5-6,11,17H,4,7-10,12-14H2,1-3H3,(H2,21,22,23). The maximum atomic E-state index is 5.72. The lowest BCUT2D eigenvalue weighted by atomic mass is 9.97. The molecule has 1 aliphatic heterocycles. The van der Waals surface area contributed by atoms with Crippen molar-refractivity contribution in [2.75, 3.05) is 26.2 Å². The van der Waals surface area contributed by atoms with E-state index in [9.17, 15) is 0 Å². The molecule has 148 valence electrons. The van der Waals surface area contributed by atoms with E-state index in [-0.39, 0.29) is 0 Å². The van der Waals surface area contributed by atoms with Crippen molar-refractivity contribution >= 4 is 17.3 Å². The van der Waals surface area contributed by atoms with Crippen molar-refractivity contribution in [3.05, 3.63) is 39.7 Å². The number of rotatable bonds is 7. The molecule has 0 radical (unpaired) electrons. The highest BCUT2D eigenvalue weighted by molar-refractivity contribution is 7.09. The van der Waals surface area contributed by atoms with Crippen LogP contribution in [-0.2, 0) is 13.1 Å². The molecule has 0 bridgehead atoms. The van der Waals surface area contributed by atoms with Crippen molar-refractivity contribution < 1.29 is 4.42 Å². The number of oxazole rings is 1. The number of guanidine groups is 1. The van der Waals surface area contributed by atoms with Crippen molar-refractivity contribution in [3.8, 4) is 0 Å². The lowest BCUT2D eigenvalue weighted by Crippen LogP contribution is -2.42. The van der Waals surface area contributed by atoms with Gasteiger partial charge in [0.1, 0.15) is 5.76 Å². The molecular formula is C20H31N5OS. The highest BCUT2D eigenvalue weighted by Crippen LogP contribution is 2.19. The van der Waals surface area contributed by atoms with Gasteiger partial charge >= 0.3 is 0 Å². The molecule has 2 N–H and O–H groups in total. The van der Waals surface area contributed by atoms with Gasteiger partial charge in [-0.25, -0.2) is 9.98 Å². The van der Waals surface area contributed by atoms with Crippen LogP contribution in [0.25, 0.3) is 0 Å². The minimum Gasteiger partial charge on any atom is -0.444 e. The number of hydrogen-bond donors (Lipinski definition) is 2. The molecule has 0 amide bonds. The Balaban J connectivity index is 1.41. The summed E-state index contributed by atoms with van der Waals surface area (Å²) >= 11 is 1.75. The molecule has 0 saturated carbocycles. The zero-order chi connectivity index (χ0) is 19.1. The van der Waals surface area contributed by atoms with Gasteiger partial charge in [0.25, 0.3) is 0 Å². The first-order valence-corrected chi connectivity index (χ1v) is 10.7. The highest BCUT2D eigenvalue weighted by Gasteiger charge is 2.21. The molecule has 0 atom stereocenters. The Hall–Kier alpha value is -1.86. The van der Waals surface area contributed by atoms with Crippen LogP contribution in [0.2, 0.25) is 0 Å². The van der Waals surface area contributed by atoms with Crippen molar-refractivity contribution in [2.24, 2.45) is 10.9 Å². The van der Waals surface area contributed by atoms with Gasteiger partial charge in [0.15, 0.2) is 5.96 Å². The lowest BCUT2D eigenvalue weighted by molar-refractivity contribution is 0.164. The van der Waals surface area contributed by atoms with E-state index in [0.29, 0.717) is 5.92 Å². The fourth-order valence-electron chi connectivity index (χ4n) is 3.29. The number of piperidine rings is 1. The minimum absolute atomic E-state index is 0.680. The molecular weight excluding hydrogens is 358 g/mol. The van der Waals surface area contributed by atoms with Crippen LogP contribution in [0, 0.1) is 19.8 Å². The maximum absolute atomic E-state index is 5.72. The van der Waals surface area contributed by atoms with Crippen LogP contribution in [0.5, 0.6) is 0 Å². The van der Waals surface area contributed by atoms with E-state index in [4.69, 9.17) is 9.41 Å². The number of thiophene rings is 1. The first kappa shape index (κ1) is 19.9. The zero-order valence-corrected chi connectivity index (χ0v) is 17.4. The van der Waals surface area contributed by atoms with Gasteiger partial charge in [-0.05, 0) is 64.1 Å². The summed E-state index contributed by atoms with van der Waals surface area (Å²) < 4.78 is 5.72. The Kier molecular flexibility index (Phi) is 7.29. The fraction of sp³-hybridized carbons (Fsp3) is 0.600. The number of aliphatic imine (C=N–C) groups is 1. The van der Waals surface area contributed by atoms with Crippen LogP contribution < -0.4 is 10.6 Å². The predicted octanol–water partition coefficient (Wildman–Crippen LogP) is 3.32. The molecule has 3 heterocycles. The van der Waals surface area contributed by atoms with Crippen molar-refractivity contribution in [2.45, 2.75) is 46.7 Å². The van der Waals surface area contributed by atoms with Crippen LogP contribution in [0.15, 0.2) is 26.9 Å². The molecule has 1 fully saturated rings. The predicted molar refractivity (Wildman–Crippen MR) is 111 cm³/mol. The van der Waals surface area contributed by atoms with E-state index >= 15 is 0 Å². The molecule has 3 rings (SSSR count). The Morgan fingerprint density at radius 2 is 2.15 bits per heavy atom. The first-order chi connectivity index (χ1) is 13.1. The third-order valence-corrected chi connectivity index (χ3v) is 5.88. The van der Waals surface area contributed by atoms with Crippen LogP contribution >= 0.6 is 11.3 Å². The summed E-state index contributed by atoms with van der Waals surface area (Å²) in [6.45, 7) is 11.7. The van der Waals surface area contributed by atoms with E-state index in [1.165, 1.54) is 17.7 Å². The smallest absolute Gasteiger partial charge is 0.208 e. The molecule has 0 aromatic carbocycles. The topological polar surface area (TPSA) is 65.7 Å². The van der Waals surface area contributed by atoms with Gasteiger partial charge in [-0.1, -0.05) is 6.07 Å². The van der Waals surface area contributed by atoms with Gasteiger partial charge in [-0.3, -0.25) is 4.90 Å². The Morgan fingerprint density at radius 3 is 2.78 bits per heavy atom. The highest BCUT2D eigenvalue weighted by atomic mass is 32.1. The van der Waals surface area contributed by atoms with E-state index in [0.717, 1.165) is 62.6 Å². The largest absolute Gasteiger partial charge is 0.444 e. The third-order valence-electron chi connectivity index (χ3n) is 5.01. The van der Waals surface area contributed by atoms with E-state index in [1.54, 1.807) is 11.3 Å². The minimum atomic E-state index is 0.680. The van der Waals surface area contributed by atoms with Gasteiger partial charge in [0.05, 0.1) is 18.8 Å². The van der Waals surface area contributed by atoms with Crippen molar-refractivity contribution in [1.29, 1.82) is 0 Å². The second-order valence-electron chi connectivity index (χ2n) is 7.12. The zero-order valence-electron chi connectivity index (χ0n) is 16.6. The van der Waals surface area contributed by atoms with Gasteiger partial charge < -0.3 is 15.1 Å². The number of aromatic nitrogens is 1. The number of nitrogens with zero attached hydrogens (tertiary/aromatic N) is 3. The molecule has 2 aromatic heterocycles. The first-order valence-electron chi connectivity index (χ1n) is 9.84. The summed E-state index contributed by atoms with van der Waals surface area (Å²) in [5.74, 6) is 3.37. The number of nitrogens with one attached hydrogen (secondary N) is 2. The average Bonchev–Trinajstić information content (AvgIpc) is 3.29. The Morgan fingerprint density at radius 1 is 1.33 bits per heavy atom. The second kappa shape index (κ2) is 9.90. The SMILES string of the molecule is CCNC(=NCc1cccs1)NCC1CCN(Cc2nc(C)c(C)o2)CC1. The summed E-state index contributed by atoms with van der Waals surface area (Å²) in [5, 5.41) is 8.97. The normalized spacial score (nSPS) is 16.6. The van der Waals surface area contributed by atoms with Crippen LogP contribution in [0.1, 0.15) is 42.0 Å². The molecule has 6 nitrogen and oxygen atoms in total. The molecule has 1 saturated heterocycles. The third kappa shape index (κ3) is 6.07. The van der Waals surface area contributed by atoms with E-state index in [2.05, 4.69) is 45.0 Å². The van der Waals surface area contributed by atoms with Crippen LogP contribution in [0.3, 0.4) is 0 Å². The van der Waals surface area contributed by atoms with Crippen LogP contribution in [-0.4, -0.2) is 42.0 Å². The number of aryl methyl sites for hydroxylation is 2. The maximum Gasteiger partial charge on any atom is 0.208 e. The van der Waals surface area contributed by atoms with Crippen LogP contribution in [0.4, 0.5) is 0 Å². The van der Waals surface area contributed by atoms with Gasteiger partial charge in [0.2, 0.25) is 5.89 Å². The monoisotopic (exact) mass is 389 g/mol. The Bertz CT molecular complexity index is 697. The summed E-state index contributed by atoms with van der Waals surface area (Å²) in [4.78, 5) is 12.9. The Labute approximate surface area is 166 Å². The molecule has 2 aromatic rings. The van der Waals surface area contributed by atoms with Crippen molar-refractivity contribution in [1.82, 2.24) is 20.5 Å². The number of hydrogen-bond acceptors (Lipinski definition) is 5. The summed E-state index contributed by atoms with van der Waals surface area (Å²) in [7, 11) is 0. The molecule has 27 heavy (non-hydrogen) atoms. The number of likely N-dealkylation sites (tertiary alicyclic amines) is 1. The second-order valence-corrected chi connectivity index (χ2v) is 8.16. The lowest BCUT2D eigenvalue weighted by Gasteiger charge is -2.31. The molecule has 1 aliphatic rings. The summed E-state index contributed by atoms with van der Waals surface area (Å²) in [6.07, 6.45) is 2.38. The molecule has 0 spiro atoms. The summed E-state index contributed by atoms with van der Waals surface area (Å²) in [6, 6.07) is 4.20. The van der Waals surface area contributed by atoms with Gasteiger partial charge in [-0.15, -0.1) is 11.3 Å². The van der Waals surface area contributed by atoms with Crippen molar-refractivity contribution in [3.63, 3.8) is 0 Å². The quantitative estimate of drug-likeness (QED) is 0.562. The summed E-state index contributed by atoms with van der Waals surface area (Å²) in [5.41, 5.74) is 1.00. The molecule has 0 unspecified atom stereocenters. The molecule has 7 heteroatoms. The average molecular weight is 390 g/mol. The fourth-order valence-corrected chi connectivity index (χ4v) is 3.92. The molecule has 0 aliphatic carbocycles.